The van der Waals surface area contributed by atoms with Gasteiger partial charge in [0, 0.05) is 23.9 Å². The van der Waals surface area contributed by atoms with Gasteiger partial charge in [-0.15, -0.1) is 0 Å². The molecule has 2 aromatic carbocycles. The molecule has 2 aliphatic heterocycles. The Morgan fingerprint density at radius 1 is 1.11 bits per heavy atom. The van der Waals surface area contributed by atoms with Crippen molar-refractivity contribution in [2.45, 2.75) is 39.7 Å². The van der Waals surface area contributed by atoms with Gasteiger partial charge in [0.2, 0.25) is 6.79 Å². The fourth-order valence-electron chi connectivity index (χ4n) is 4.74. The largest absolute Gasteiger partial charge is 0.507 e. The van der Waals surface area contributed by atoms with Crippen LogP contribution in [-0.2, 0) is 21.5 Å². The fourth-order valence-corrected chi connectivity index (χ4v) is 4.74. The molecule has 0 bridgehead atoms. The summed E-state index contributed by atoms with van der Waals surface area (Å²) in [6.07, 6.45) is 1.19. The van der Waals surface area contributed by atoms with Gasteiger partial charge in [-0.2, -0.15) is 0 Å². The second-order valence-corrected chi connectivity index (χ2v) is 8.93. The number of carbonyl (C=O) groups excluding carboxylic acids is 3. The van der Waals surface area contributed by atoms with Gasteiger partial charge in [-0.05, 0) is 45.4 Å². The van der Waals surface area contributed by atoms with Gasteiger partial charge in [0.1, 0.15) is 34.0 Å². The number of phenolic OH excluding ortho intramolecular Hbond substituents is 2. The monoisotopic (exact) mass is 477 g/mol. The van der Waals surface area contributed by atoms with E-state index in [1.165, 1.54) is 26.8 Å². The zero-order valence-corrected chi connectivity index (χ0v) is 19.6. The summed E-state index contributed by atoms with van der Waals surface area (Å²) < 4.78 is 16.5. The molecule has 2 heterocycles. The topological polar surface area (TPSA) is 131 Å². The van der Waals surface area contributed by atoms with Gasteiger partial charge < -0.3 is 29.7 Å². The minimum Gasteiger partial charge on any atom is -0.507 e. The van der Waals surface area contributed by atoms with Crippen LogP contribution >= 0.6 is 0 Å². The van der Waals surface area contributed by atoms with Crippen LogP contribution in [0.5, 0.6) is 28.7 Å². The third kappa shape index (κ3) is 3.11. The maximum Gasteiger partial charge on any atom is 0.231 e. The van der Waals surface area contributed by atoms with Crippen molar-refractivity contribution in [3.8, 4) is 28.7 Å². The molecule has 0 fully saturated rings. The summed E-state index contributed by atoms with van der Waals surface area (Å²) in [5.74, 6) is -1.26. The Kier molecular flexibility index (Phi) is 4.91. The molecule has 3 aliphatic rings. The molecular formula is C26H23NO8. The lowest BCUT2D eigenvalue weighted by Gasteiger charge is -2.29. The number of hydrogen-bond acceptors (Lipinski definition) is 9. The van der Waals surface area contributed by atoms with Crippen molar-refractivity contribution in [1.82, 2.24) is 5.32 Å². The van der Waals surface area contributed by atoms with Gasteiger partial charge in [0.25, 0.3) is 0 Å². The van der Waals surface area contributed by atoms with E-state index in [9.17, 15) is 24.6 Å². The number of phenols is 2. The van der Waals surface area contributed by atoms with Gasteiger partial charge >= 0.3 is 0 Å². The number of ether oxygens (including phenoxy) is 3. The van der Waals surface area contributed by atoms with Crippen molar-refractivity contribution in [3.63, 3.8) is 0 Å². The second-order valence-electron chi connectivity index (χ2n) is 8.93. The Bertz CT molecular complexity index is 1420. The molecule has 180 valence electrons. The van der Waals surface area contributed by atoms with Crippen LogP contribution in [0.2, 0.25) is 0 Å². The molecular weight excluding hydrogens is 454 g/mol. The summed E-state index contributed by atoms with van der Waals surface area (Å²) >= 11 is 0. The second kappa shape index (κ2) is 7.63. The minimum absolute atomic E-state index is 0.00220. The number of rotatable bonds is 4. The van der Waals surface area contributed by atoms with Crippen molar-refractivity contribution >= 4 is 17.3 Å². The van der Waals surface area contributed by atoms with Crippen molar-refractivity contribution < 1.29 is 38.8 Å². The van der Waals surface area contributed by atoms with Crippen LogP contribution in [0.1, 0.15) is 47.8 Å². The highest BCUT2D eigenvalue weighted by atomic mass is 16.7. The van der Waals surface area contributed by atoms with E-state index in [1.807, 2.05) is 12.1 Å². The number of benzene rings is 2. The Hall–Kier alpha value is -4.27. The average Bonchev–Trinajstić information content (AvgIpc) is 3.38. The first-order valence-electron chi connectivity index (χ1n) is 11.0. The first-order chi connectivity index (χ1) is 16.6. The molecule has 9 nitrogen and oxygen atoms in total. The van der Waals surface area contributed by atoms with Crippen LogP contribution < -0.4 is 19.5 Å². The zero-order chi connectivity index (χ0) is 25.2. The van der Waals surface area contributed by atoms with E-state index < -0.39 is 28.5 Å². The van der Waals surface area contributed by atoms with E-state index in [1.54, 1.807) is 13.0 Å². The number of Topliss-reactive ketones (excluding diaryl/α,β-unsaturated/α-hetero) is 2. The Balaban J connectivity index is 1.55. The van der Waals surface area contributed by atoms with Crippen molar-refractivity contribution in [2.24, 2.45) is 0 Å². The molecule has 0 radical (unpaired) electrons. The maximum absolute atomic E-state index is 13.8. The third-order valence-corrected chi connectivity index (χ3v) is 6.75. The van der Waals surface area contributed by atoms with E-state index in [0.717, 1.165) is 5.56 Å². The Labute approximate surface area is 200 Å². The summed E-state index contributed by atoms with van der Waals surface area (Å²) in [5.41, 5.74) is -0.456. The predicted octanol–water partition coefficient (Wildman–Crippen LogP) is 3.09. The zero-order valence-electron chi connectivity index (χ0n) is 19.6. The molecule has 2 aromatic rings. The summed E-state index contributed by atoms with van der Waals surface area (Å²) in [4.78, 5) is 39.1. The molecule has 0 spiro atoms. The number of carbonyl (C=O) groups is 3. The Morgan fingerprint density at radius 2 is 1.83 bits per heavy atom. The number of hydrogen-bond donors (Lipinski definition) is 3. The van der Waals surface area contributed by atoms with Crippen LogP contribution in [0.25, 0.3) is 0 Å². The van der Waals surface area contributed by atoms with Crippen molar-refractivity contribution in [2.75, 3.05) is 6.79 Å². The highest BCUT2D eigenvalue weighted by Crippen LogP contribution is 2.57. The number of ketones is 3. The standard InChI is InChI=1S/C26H23NO8/c1-11-22(30)20(13(3)28)24-21(23(11)31)26(4)18(35-24)8-15(29)19(25(26)32)12(2)27-9-14-5-6-16-17(7-14)34-10-33-16/h5-8,27,30-31H,9-10H2,1-4H3/t26-/m0/s1. The molecule has 1 aliphatic carbocycles. The maximum atomic E-state index is 13.8. The highest BCUT2D eigenvalue weighted by molar-refractivity contribution is 6.31. The molecule has 0 aromatic heterocycles. The quantitative estimate of drug-likeness (QED) is 0.345. The van der Waals surface area contributed by atoms with Crippen LogP contribution in [0.4, 0.5) is 0 Å². The van der Waals surface area contributed by atoms with E-state index in [2.05, 4.69) is 5.32 Å². The number of aromatic hydroxyl groups is 2. The van der Waals surface area contributed by atoms with Gasteiger partial charge in [-0.3, -0.25) is 14.4 Å². The first kappa shape index (κ1) is 22.5. The van der Waals surface area contributed by atoms with E-state index in [-0.39, 0.29) is 46.3 Å². The summed E-state index contributed by atoms with van der Waals surface area (Å²) in [5, 5.41) is 24.5. The fraction of sp³-hybridized carbons (Fsp3) is 0.269. The molecule has 0 unspecified atom stereocenters. The van der Waals surface area contributed by atoms with Crippen molar-refractivity contribution in [1.29, 1.82) is 0 Å². The lowest BCUT2D eigenvalue weighted by molar-refractivity contribution is -0.123. The van der Waals surface area contributed by atoms with Gasteiger partial charge in [-0.1, -0.05) is 6.07 Å². The SMILES string of the molecule is CC(=O)c1c(O)c(C)c(O)c2c1OC1=CC(=O)C(=C(C)NCc3ccc4c(c3)OCO4)C(=O)[C@@]12C. The van der Waals surface area contributed by atoms with Crippen molar-refractivity contribution in [3.05, 3.63) is 63.6 Å². The lowest BCUT2D eigenvalue weighted by atomic mass is 9.70. The molecule has 0 saturated carbocycles. The highest BCUT2D eigenvalue weighted by Gasteiger charge is 2.56. The van der Waals surface area contributed by atoms with Gasteiger partial charge in [0.15, 0.2) is 28.8 Å². The number of nitrogens with one attached hydrogen (secondary N) is 1. The molecule has 5 rings (SSSR count). The molecule has 1 atom stereocenters. The van der Waals surface area contributed by atoms with E-state index in [4.69, 9.17) is 14.2 Å². The smallest absolute Gasteiger partial charge is 0.231 e. The minimum atomic E-state index is -1.55. The number of allylic oxidation sites excluding steroid dienone is 4. The average molecular weight is 477 g/mol. The number of fused-ring (bicyclic) bond motifs is 4. The lowest BCUT2D eigenvalue weighted by Crippen LogP contribution is -2.41. The normalized spacial score (nSPS) is 21.2. The molecule has 0 amide bonds. The van der Waals surface area contributed by atoms with E-state index >= 15 is 0 Å². The Morgan fingerprint density at radius 3 is 2.54 bits per heavy atom. The van der Waals surface area contributed by atoms with E-state index in [0.29, 0.717) is 23.7 Å². The molecule has 0 saturated heterocycles. The molecule has 9 heteroatoms. The summed E-state index contributed by atoms with van der Waals surface area (Å²) in [6.45, 7) is 6.32. The summed E-state index contributed by atoms with van der Waals surface area (Å²) in [7, 11) is 0. The molecule has 3 N–H and O–H groups in total. The first-order valence-corrected chi connectivity index (χ1v) is 11.0. The van der Waals surface area contributed by atoms with Gasteiger partial charge in [-0.25, -0.2) is 0 Å². The third-order valence-electron chi connectivity index (χ3n) is 6.75. The van der Waals surface area contributed by atoms with Crippen LogP contribution in [0.15, 0.2) is 41.3 Å². The van der Waals surface area contributed by atoms with Gasteiger partial charge in [0.05, 0.1) is 11.1 Å². The summed E-state index contributed by atoms with van der Waals surface area (Å²) in [6, 6.07) is 5.45. The van der Waals surface area contributed by atoms with Crippen LogP contribution in [0, 0.1) is 6.92 Å². The van der Waals surface area contributed by atoms with Crippen LogP contribution in [0.3, 0.4) is 0 Å². The molecule has 35 heavy (non-hydrogen) atoms. The van der Waals surface area contributed by atoms with Crippen LogP contribution in [-0.4, -0.2) is 34.4 Å². The predicted molar refractivity (Wildman–Crippen MR) is 123 cm³/mol.